The summed E-state index contributed by atoms with van der Waals surface area (Å²) in [6, 6.07) is 0. The SMILES string of the molecule is CCCCOC(C)(CCC1OC1(C)C)C1CCC2(C)OC2C1. The minimum Gasteiger partial charge on any atom is -0.375 e. The normalized spacial score (nSPS) is 41.6. The molecule has 3 fully saturated rings. The summed E-state index contributed by atoms with van der Waals surface area (Å²) in [7, 11) is 0. The molecule has 1 saturated carbocycles. The molecular weight excluding hydrogens is 276 g/mol. The van der Waals surface area contributed by atoms with Crippen LogP contribution in [-0.4, -0.2) is 35.6 Å². The Hall–Kier alpha value is -0.120. The van der Waals surface area contributed by atoms with Gasteiger partial charge in [0, 0.05) is 6.61 Å². The van der Waals surface area contributed by atoms with Crippen LogP contribution in [-0.2, 0) is 14.2 Å². The molecule has 2 heterocycles. The van der Waals surface area contributed by atoms with Gasteiger partial charge in [0.1, 0.15) is 0 Å². The molecule has 0 amide bonds. The Labute approximate surface area is 136 Å². The zero-order valence-electron chi connectivity index (χ0n) is 15.1. The largest absolute Gasteiger partial charge is 0.375 e. The molecule has 0 radical (unpaired) electrons. The van der Waals surface area contributed by atoms with Gasteiger partial charge in [-0.15, -0.1) is 0 Å². The molecule has 3 aliphatic rings. The fourth-order valence-electron chi connectivity index (χ4n) is 4.20. The lowest BCUT2D eigenvalue weighted by molar-refractivity contribution is -0.0909. The van der Waals surface area contributed by atoms with Gasteiger partial charge >= 0.3 is 0 Å². The average molecular weight is 310 g/mol. The number of hydrogen-bond acceptors (Lipinski definition) is 3. The predicted octanol–water partition coefficient (Wildman–Crippen LogP) is 4.48. The molecule has 0 bridgehead atoms. The average Bonchev–Trinajstić information content (AvgIpc) is 3.30. The van der Waals surface area contributed by atoms with Crippen LogP contribution in [0, 0.1) is 5.92 Å². The van der Waals surface area contributed by atoms with E-state index in [2.05, 4.69) is 34.6 Å². The van der Waals surface area contributed by atoms with Crippen molar-refractivity contribution in [2.24, 2.45) is 5.92 Å². The Bertz CT molecular complexity index is 407. The summed E-state index contributed by atoms with van der Waals surface area (Å²) >= 11 is 0. The third kappa shape index (κ3) is 3.37. The second kappa shape index (κ2) is 5.75. The van der Waals surface area contributed by atoms with Crippen LogP contribution < -0.4 is 0 Å². The Morgan fingerprint density at radius 2 is 1.95 bits per heavy atom. The van der Waals surface area contributed by atoms with E-state index in [1.165, 1.54) is 25.7 Å². The zero-order valence-corrected chi connectivity index (χ0v) is 15.1. The van der Waals surface area contributed by atoms with E-state index in [-0.39, 0.29) is 16.8 Å². The van der Waals surface area contributed by atoms with Gasteiger partial charge in [-0.2, -0.15) is 0 Å². The minimum atomic E-state index is -0.00944. The molecule has 2 saturated heterocycles. The molecule has 0 aromatic rings. The second-order valence-corrected chi connectivity index (χ2v) is 8.65. The summed E-state index contributed by atoms with van der Waals surface area (Å²) in [6.45, 7) is 12.1. The molecule has 2 aliphatic heterocycles. The topological polar surface area (TPSA) is 34.3 Å². The lowest BCUT2D eigenvalue weighted by Gasteiger charge is -2.40. The van der Waals surface area contributed by atoms with Gasteiger partial charge in [-0.05, 0) is 72.1 Å². The molecule has 3 rings (SSSR count). The van der Waals surface area contributed by atoms with Crippen molar-refractivity contribution in [2.45, 2.75) is 109 Å². The summed E-state index contributed by atoms with van der Waals surface area (Å²) in [5.41, 5.74) is 0.280. The highest BCUT2D eigenvalue weighted by atomic mass is 16.6. The molecule has 0 aromatic heterocycles. The summed E-state index contributed by atoms with van der Waals surface area (Å²) in [6.07, 6.45) is 9.10. The van der Waals surface area contributed by atoms with E-state index in [1.807, 2.05) is 0 Å². The number of unbranched alkanes of at least 4 members (excludes halogenated alkanes) is 1. The van der Waals surface area contributed by atoms with Crippen LogP contribution in [0.4, 0.5) is 0 Å². The van der Waals surface area contributed by atoms with E-state index in [4.69, 9.17) is 14.2 Å². The highest BCUT2D eigenvalue weighted by Gasteiger charge is 2.58. The molecule has 0 N–H and O–H groups in total. The van der Waals surface area contributed by atoms with Crippen molar-refractivity contribution in [3.05, 3.63) is 0 Å². The van der Waals surface area contributed by atoms with E-state index in [0.717, 1.165) is 25.9 Å². The van der Waals surface area contributed by atoms with Crippen LogP contribution in [0.1, 0.15) is 79.6 Å². The number of rotatable bonds is 8. The molecule has 5 atom stereocenters. The van der Waals surface area contributed by atoms with Crippen LogP contribution >= 0.6 is 0 Å². The number of fused-ring (bicyclic) bond motifs is 1. The summed E-state index contributed by atoms with van der Waals surface area (Å²) in [5.74, 6) is 0.631. The van der Waals surface area contributed by atoms with Gasteiger partial charge in [0.25, 0.3) is 0 Å². The Morgan fingerprint density at radius 3 is 2.55 bits per heavy atom. The maximum absolute atomic E-state index is 6.44. The third-order valence-corrected chi connectivity index (χ3v) is 6.38. The molecule has 0 spiro atoms. The van der Waals surface area contributed by atoms with Crippen LogP contribution in [0.5, 0.6) is 0 Å². The van der Waals surface area contributed by atoms with Crippen molar-refractivity contribution >= 4 is 0 Å². The molecule has 128 valence electrons. The minimum absolute atomic E-state index is 0.00944. The number of hydrogen-bond donors (Lipinski definition) is 0. The third-order valence-electron chi connectivity index (χ3n) is 6.38. The zero-order chi connectivity index (χ0) is 16.0. The van der Waals surface area contributed by atoms with Gasteiger partial charge in [0.2, 0.25) is 0 Å². The van der Waals surface area contributed by atoms with Gasteiger partial charge in [-0.25, -0.2) is 0 Å². The maximum Gasteiger partial charge on any atom is 0.0920 e. The predicted molar refractivity (Wildman–Crippen MR) is 88.1 cm³/mol. The van der Waals surface area contributed by atoms with Crippen molar-refractivity contribution < 1.29 is 14.2 Å². The highest BCUT2D eigenvalue weighted by Crippen LogP contribution is 2.53. The van der Waals surface area contributed by atoms with Crippen molar-refractivity contribution in [1.29, 1.82) is 0 Å². The summed E-state index contributed by atoms with van der Waals surface area (Å²) < 4.78 is 18.1. The van der Waals surface area contributed by atoms with E-state index in [1.54, 1.807) is 0 Å². The first kappa shape index (κ1) is 16.7. The first-order chi connectivity index (χ1) is 10.3. The summed E-state index contributed by atoms with van der Waals surface area (Å²) in [4.78, 5) is 0. The number of ether oxygens (including phenoxy) is 3. The molecule has 0 aromatic carbocycles. The molecule has 5 unspecified atom stereocenters. The Kier molecular flexibility index (Phi) is 4.37. The van der Waals surface area contributed by atoms with Crippen molar-refractivity contribution in [3.8, 4) is 0 Å². The van der Waals surface area contributed by atoms with E-state index in [0.29, 0.717) is 18.1 Å². The van der Waals surface area contributed by atoms with E-state index in [9.17, 15) is 0 Å². The quantitative estimate of drug-likeness (QED) is 0.490. The smallest absolute Gasteiger partial charge is 0.0920 e. The molecule has 3 heteroatoms. The highest BCUT2D eigenvalue weighted by molar-refractivity contribution is 5.07. The Balaban J connectivity index is 1.58. The standard InChI is InChI=1S/C19H34O3/c1-6-7-12-20-18(4,11-9-15-17(2,3)21-15)14-8-10-19(5)16(13-14)22-19/h14-16H,6-13H2,1-5H3. The van der Waals surface area contributed by atoms with Gasteiger partial charge in [-0.1, -0.05) is 13.3 Å². The van der Waals surface area contributed by atoms with Gasteiger partial charge in [0.05, 0.1) is 29.0 Å². The maximum atomic E-state index is 6.44. The van der Waals surface area contributed by atoms with Gasteiger partial charge in [0.15, 0.2) is 0 Å². The summed E-state index contributed by atoms with van der Waals surface area (Å²) in [5, 5.41) is 0. The molecule has 22 heavy (non-hydrogen) atoms. The fraction of sp³-hybridized carbons (Fsp3) is 1.00. The molecule has 3 nitrogen and oxygen atoms in total. The Morgan fingerprint density at radius 1 is 1.23 bits per heavy atom. The number of epoxide rings is 2. The van der Waals surface area contributed by atoms with Crippen LogP contribution in [0.15, 0.2) is 0 Å². The lowest BCUT2D eigenvalue weighted by Crippen LogP contribution is -2.42. The molecular formula is C19H34O3. The first-order valence-corrected chi connectivity index (χ1v) is 9.29. The van der Waals surface area contributed by atoms with Crippen LogP contribution in [0.25, 0.3) is 0 Å². The van der Waals surface area contributed by atoms with Crippen molar-refractivity contribution in [1.82, 2.24) is 0 Å². The van der Waals surface area contributed by atoms with Crippen LogP contribution in [0.2, 0.25) is 0 Å². The molecule has 1 aliphatic carbocycles. The van der Waals surface area contributed by atoms with E-state index < -0.39 is 0 Å². The van der Waals surface area contributed by atoms with Gasteiger partial charge < -0.3 is 14.2 Å². The first-order valence-electron chi connectivity index (χ1n) is 9.29. The second-order valence-electron chi connectivity index (χ2n) is 8.65. The monoisotopic (exact) mass is 310 g/mol. The van der Waals surface area contributed by atoms with Gasteiger partial charge in [-0.3, -0.25) is 0 Å². The fourth-order valence-corrected chi connectivity index (χ4v) is 4.20. The lowest BCUT2D eigenvalue weighted by atomic mass is 9.72. The van der Waals surface area contributed by atoms with E-state index >= 15 is 0 Å². The van der Waals surface area contributed by atoms with Crippen molar-refractivity contribution in [2.75, 3.05) is 6.61 Å². The van der Waals surface area contributed by atoms with Crippen molar-refractivity contribution in [3.63, 3.8) is 0 Å². The van der Waals surface area contributed by atoms with Crippen LogP contribution in [0.3, 0.4) is 0 Å².